The summed E-state index contributed by atoms with van der Waals surface area (Å²) in [6, 6.07) is 3.63. The number of nitrogens with two attached hydrogens (primary N) is 1. The maximum absolute atomic E-state index is 5.54. The van der Waals surface area contributed by atoms with E-state index >= 15 is 0 Å². The molecular formula is C12H18N2OS. The van der Waals surface area contributed by atoms with Gasteiger partial charge in [-0.15, -0.1) is 0 Å². The minimum atomic E-state index is 0.314. The van der Waals surface area contributed by atoms with Crippen molar-refractivity contribution >= 4 is 17.2 Å². The molecular weight excluding hydrogens is 220 g/mol. The molecule has 0 saturated carbocycles. The summed E-state index contributed by atoms with van der Waals surface area (Å²) in [7, 11) is 0. The molecule has 0 unspecified atom stereocenters. The van der Waals surface area contributed by atoms with Crippen LogP contribution in [0.1, 0.15) is 38.3 Å². The molecule has 2 N–H and O–H groups in total. The molecule has 1 aromatic rings. The Morgan fingerprint density at radius 3 is 2.75 bits per heavy atom. The number of pyridine rings is 1. The minimum Gasteiger partial charge on any atom is -0.492 e. The molecule has 0 aromatic carbocycles. The molecule has 0 saturated heterocycles. The normalized spacial score (nSPS) is 10.1. The van der Waals surface area contributed by atoms with Gasteiger partial charge in [0.1, 0.15) is 10.7 Å². The Labute approximate surface area is 102 Å². The van der Waals surface area contributed by atoms with Gasteiger partial charge in [-0.3, -0.25) is 0 Å². The molecule has 0 amide bonds. The third kappa shape index (κ3) is 4.57. The molecule has 0 radical (unpaired) electrons. The molecule has 0 fully saturated rings. The molecule has 0 bridgehead atoms. The summed E-state index contributed by atoms with van der Waals surface area (Å²) in [6.07, 6.45) is 6.47. The first-order chi connectivity index (χ1) is 7.74. The van der Waals surface area contributed by atoms with Gasteiger partial charge in [0, 0.05) is 0 Å². The standard InChI is InChI=1S/C12H18N2OS/c1-2-3-4-5-8-15-10-6-7-11(12(13)16)14-9-10/h6-7,9H,2-5,8H2,1H3,(H2,13,16). The average molecular weight is 238 g/mol. The SMILES string of the molecule is CCCCCCOc1ccc(C(N)=S)nc1. The third-order valence-electron chi connectivity index (χ3n) is 2.26. The fraction of sp³-hybridized carbons (Fsp3) is 0.500. The van der Waals surface area contributed by atoms with E-state index in [-0.39, 0.29) is 0 Å². The highest BCUT2D eigenvalue weighted by Crippen LogP contribution is 2.10. The number of hydrogen-bond donors (Lipinski definition) is 1. The van der Waals surface area contributed by atoms with E-state index in [2.05, 4.69) is 11.9 Å². The van der Waals surface area contributed by atoms with Crippen LogP contribution >= 0.6 is 12.2 Å². The van der Waals surface area contributed by atoms with E-state index in [0.29, 0.717) is 10.7 Å². The van der Waals surface area contributed by atoms with Gasteiger partial charge in [-0.1, -0.05) is 38.4 Å². The van der Waals surface area contributed by atoms with Crippen LogP contribution in [0.15, 0.2) is 18.3 Å². The summed E-state index contributed by atoms with van der Waals surface area (Å²) < 4.78 is 5.54. The first kappa shape index (κ1) is 12.9. The van der Waals surface area contributed by atoms with E-state index in [0.717, 1.165) is 18.8 Å². The summed E-state index contributed by atoms with van der Waals surface area (Å²) in [5.74, 6) is 0.775. The van der Waals surface area contributed by atoms with Crippen molar-refractivity contribution in [2.75, 3.05) is 6.61 Å². The molecule has 16 heavy (non-hydrogen) atoms. The second-order valence-electron chi connectivity index (χ2n) is 3.65. The van der Waals surface area contributed by atoms with E-state index in [4.69, 9.17) is 22.7 Å². The number of aromatic nitrogens is 1. The number of nitrogens with zero attached hydrogens (tertiary/aromatic N) is 1. The van der Waals surface area contributed by atoms with Crippen LogP contribution in [-0.2, 0) is 0 Å². The topological polar surface area (TPSA) is 48.1 Å². The second kappa shape index (κ2) is 7.17. The van der Waals surface area contributed by atoms with Gasteiger partial charge >= 0.3 is 0 Å². The molecule has 0 atom stereocenters. The Bertz CT molecular complexity index is 324. The third-order valence-corrected chi connectivity index (χ3v) is 2.46. The van der Waals surface area contributed by atoms with Crippen LogP contribution in [0, 0.1) is 0 Å². The lowest BCUT2D eigenvalue weighted by atomic mass is 10.2. The lowest BCUT2D eigenvalue weighted by molar-refractivity contribution is 0.304. The molecule has 4 heteroatoms. The smallest absolute Gasteiger partial charge is 0.137 e. The maximum Gasteiger partial charge on any atom is 0.137 e. The molecule has 1 heterocycles. The van der Waals surface area contributed by atoms with Gasteiger partial charge < -0.3 is 10.5 Å². The van der Waals surface area contributed by atoms with Crippen molar-refractivity contribution in [3.8, 4) is 5.75 Å². The van der Waals surface area contributed by atoms with E-state index in [1.54, 1.807) is 12.3 Å². The lowest BCUT2D eigenvalue weighted by Crippen LogP contribution is -2.11. The zero-order chi connectivity index (χ0) is 11.8. The Hall–Kier alpha value is -1.16. The maximum atomic E-state index is 5.54. The average Bonchev–Trinajstić information content (AvgIpc) is 2.29. The van der Waals surface area contributed by atoms with Crippen molar-refractivity contribution in [1.82, 2.24) is 4.98 Å². The van der Waals surface area contributed by atoms with Crippen molar-refractivity contribution in [3.63, 3.8) is 0 Å². The highest BCUT2D eigenvalue weighted by atomic mass is 32.1. The van der Waals surface area contributed by atoms with Gasteiger partial charge in [0.25, 0.3) is 0 Å². The molecule has 3 nitrogen and oxygen atoms in total. The van der Waals surface area contributed by atoms with Crippen LogP contribution in [0.5, 0.6) is 5.75 Å². The van der Waals surface area contributed by atoms with Gasteiger partial charge in [0.2, 0.25) is 0 Å². The van der Waals surface area contributed by atoms with Gasteiger partial charge in [0.05, 0.1) is 18.5 Å². The fourth-order valence-corrected chi connectivity index (χ4v) is 1.45. The van der Waals surface area contributed by atoms with E-state index in [9.17, 15) is 0 Å². The Kier molecular flexibility index (Phi) is 5.78. The fourth-order valence-electron chi connectivity index (χ4n) is 1.33. The Morgan fingerprint density at radius 2 is 2.19 bits per heavy atom. The summed E-state index contributed by atoms with van der Waals surface area (Å²) >= 11 is 4.82. The van der Waals surface area contributed by atoms with Crippen molar-refractivity contribution in [1.29, 1.82) is 0 Å². The number of ether oxygens (including phenoxy) is 1. The highest BCUT2D eigenvalue weighted by Gasteiger charge is 1.98. The zero-order valence-corrected chi connectivity index (χ0v) is 10.4. The molecule has 0 aliphatic heterocycles. The quantitative estimate of drug-likeness (QED) is 0.586. The largest absolute Gasteiger partial charge is 0.492 e. The van der Waals surface area contributed by atoms with Crippen LogP contribution in [0.25, 0.3) is 0 Å². The predicted octanol–water partition coefficient (Wildman–Crippen LogP) is 2.67. The molecule has 1 rings (SSSR count). The van der Waals surface area contributed by atoms with Crippen LogP contribution in [0.3, 0.4) is 0 Å². The van der Waals surface area contributed by atoms with Crippen LogP contribution in [0.2, 0.25) is 0 Å². The van der Waals surface area contributed by atoms with E-state index in [1.807, 2.05) is 6.07 Å². The van der Waals surface area contributed by atoms with Crippen LogP contribution in [0.4, 0.5) is 0 Å². The molecule has 1 aromatic heterocycles. The van der Waals surface area contributed by atoms with Gasteiger partial charge in [0.15, 0.2) is 0 Å². The van der Waals surface area contributed by atoms with Crippen molar-refractivity contribution in [3.05, 3.63) is 24.0 Å². The Morgan fingerprint density at radius 1 is 1.38 bits per heavy atom. The van der Waals surface area contributed by atoms with E-state index in [1.165, 1.54) is 19.3 Å². The number of unbranched alkanes of at least 4 members (excludes halogenated alkanes) is 3. The first-order valence-corrected chi connectivity index (χ1v) is 6.03. The summed E-state index contributed by atoms with van der Waals surface area (Å²) in [6.45, 7) is 2.94. The molecule has 0 aliphatic carbocycles. The van der Waals surface area contributed by atoms with Gasteiger partial charge in [-0.2, -0.15) is 0 Å². The van der Waals surface area contributed by atoms with E-state index < -0.39 is 0 Å². The van der Waals surface area contributed by atoms with Crippen LogP contribution < -0.4 is 10.5 Å². The van der Waals surface area contributed by atoms with Crippen molar-refractivity contribution in [2.24, 2.45) is 5.73 Å². The Balaban J connectivity index is 2.29. The number of rotatable bonds is 7. The molecule has 88 valence electrons. The monoisotopic (exact) mass is 238 g/mol. The zero-order valence-electron chi connectivity index (χ0n) is 9.61. The predicted molar refractivity (Wildman–Crippen MR) is 69.8 cm³/mol. The summed E-state index contributed by atoms with van der Waals surface area (Å²) in [4.78, 5) is 4.42. The number of hydrogen-bond acceptors (Lipinski definition) is 3. The van der Waals surface area contributed by atoms with Gasteiger partial charge in [-0.25, -0.2) is 4.98 Å². The van der Waals surface area contributed by atoms with Gasteiger partial charge in [-0.05, 0) is 18.6 Å². The minimum absolute atomic E-state index is 0.314. The molecule has 0 spiro atoms. The second-order valence-corrected chi connectivity index (χ2v) is 4.09. The number of thiocarbonyl (C=S) groups is 1. The molecule has 0 aliphatic rings. The highest BCUT2D eigenvalue weighted by molar-refractivity contribution is 7.80. The first-order valence-electron chi connectivity index (χ1n) is 5.62. The van der Waals surface area contributed by atoms with Crippen molar-refractivity contribution < 1.29 is 4.74 Å². The van der Waals surface area contributed by atoms with Crippen molar-refractivity contribution in [2.45, 2.75) is 32.6 Å². The summed E-state index contributed by atoms with van der Waals surface area (Å²) in [5, 5.41) is 0. The lowest BCUT2D eigenvalue weighted by Gasteiger charge is -2.05. The van der Waals surface area contributed by atoms with Crippen LogP contribution in [-0.4, -0.2) is 16.6 Å². The summed E-state index contributed by atoms with van der Waals surface area (Å²) in [5.41, 5.74) is 6.08.